The van der Waals surface area contributed by atoms with E-state index >= 15 is 0 Å². The lowest BCUT2D eigenvalue weighted by molar-refractivity contribution is -0.0498. The molecule has 23 heavy (non-hydrogen) atoms. The van der Waals surface area contributed by atoms with Gasteiger partial charge >= 0.3 is 6.61 Å². The Bertz CT molecular complexity index is 636. The number of halogens is 3. The molecule has 1 aromatic rings. The van der Waals surface area contributed by atoms with E-state index in [-0.39, 0.29) is 34.9 Å². The van der Waals surface area contributed by atoms with Crippen LogP contribution >= 0.6 is 11.6 Å². The topological polar surface area (TPSA) is 55.8 Å². The first-order valence-corrected chi connectivity index (χ1v) is 9.02. The van der Waals surface area contributed by atoms with Gasteiger partial charge in [0.05, 0.1) is 16.0 Å². The van der Waals surface area contributed by atoms with Gasteiger partial charge in [0, 0.05) is 19.7 Å². The third-order valence-electron chi connectivity index (χ3n) is 3.54. The van der Waals surface area contributed by atoms with Gasteiger partial charge in [-0.15, -0.1) is 0 Å². The molecule has 1 aliphatic rings. The lowest BCUT2D eigenvalue weighted by Gasteiger charge is -2.23. The summed E-state index contributed by atoms with van der Waals surface area (Å²) in [6.45, 7) is -0.140. The van der Waals surface area contributed by atoms with Crippen molar-refractivity contribution in [2.75, 3.05) is 19.7 Å². The zero-order chi connectivity index (χ0) is 17.0. The fourth-order valence-corrected chi connectivity index (χ4v) is 4.19. The summed E-state index contributed by atoms with van der Waals surface area (Å²) in [6.07, 6.45) is 1.60. The molecule has 0 spiro atoms. The average Bonchev–Trinajstić information content (AvgIpc) is 2.99. The maximum Gasteiger partial charge on any atom is 0.387 e. The Morgan fingerprint density at radius 1 is 1.48 bits per heavy atom. The molecule has 1 fully saturated rings. The van der Waals surface area contributed by atoms with E-state index in [9.17, 15) is 17.2 Å². The highest BCUT2D eigenvalue weighted by Crippen LogP contribution is 2.30. The Hall–Kier alpha value is -0.960. The highest BCUT2D eigenvalue weighted by atomic mass is 35.5. The summed E-state index contributed by atoms with van der Waals surface area (Å²) in [6, 6.07) is 3.45. The van der Waals surface area contributed by atoms with E-state index < -0.39 is 16.6 Å². The first kappa shape index (κ1) is 18.4. The largest absolute Gasteiger partial charge is 0.433 e. The Balaban J connectivity index is 2.21. The minimum Gasteiger partial charge on any atom is -0.433 e. The molecule has 1 heterocycles. The fraction of sp³-hybridized carbons (Fsp3) is 0.571. The predicted octanol–water partition coefficient (Wildman–Crippen LogP) is 3.13. The maximum atomic E-state index is 12.7. The molecule has 0 bridgehead atoms. The number of hydrogen-bond acceptors (Lipinski definition) is 4. The van der Waals surface area contributed by atoms with E-state index in [0.717, 1.165) is 25.0 Å². The molecule has 1 atom stereocenters. The van der Waals surface area contributed by atoms with Crippen LogP contribution in [0.1, 0.15) is 19.8 Å². The normalized spacial score (nSPS) is 18.8. The van der Waals surface area contributed by atoms with Gasteiger partial charge in [-0.1, -0.05) is 18.5 Å². The second-order valence-corrected chi connectivity index (χ2v) is 7.41. The number of nitrogens with zero attached hydrogens (tertiary/aromatic N) is 1. The summed E-state index contributed by atoms with van der Waals surface area (Å²) in [5.74, 6) is -0.261. The van der Waals surface area contributed by atoms with E-state index in [4.69, 9.17) is 16.3 Å². The van der Waals surface area contributed by atoms with Crippen LogP contribution in [0.15, 0.2) is 23.1 Å². The summed E-state index contributed by atoms with van der Waals surface area (Å²) >= 11 is 5.83. The standard InChI is InChI=1S/C14H18ClF2NO4S/c1-2-18(9-10-4-3-7-21-10)23(19,20)11-5-6-13(12(15)8-11)22-14(16)17/h5-6,8,10,14H,2-4,7,9H2,1H3/t10-/m0/s1. The minimum absolute atomic E-state index is 0.0658. The smallest absolute Gasteiger partial charge is 0.387 e. The monoisotopic (exact) mass is 369 g/mol. The van der Waals surface area contributed by atoms with Crippen molar-refractivity contribution in [3.63, 3.8) is 0 Å². The fourth-order valence-electron chi connectivity index (χ4n) is 2.40. The van der Waals surface area contributed by atoms with Crippen molar-refractivity contribution in [1.29, 1.82) is 0 Å². The Kier molecular flexibility index (Phi) is 6.19. The molecule has 0 N–H and O–H groups in total. The number of rotatable bonds is 7. The van der Waals surface area contributed by atoms with Crippen LogP contribution in [0.5, 0.6) is 5.75 Å². The van der Waals surface area contributed by atoms with Crippen LogP contribution in [0, 0.1) is 0 Å². The van der Waals surface area contributed by atoms with E-state index in [1.54, 1.807) is 6.92 Å². The zero-order valence-corrected chi connectivity index (χ0v) is 14.1. The SMILES string of the molecule is CCN(C[C@@H]1CCCO1)S(=O)(=O)c1ccc(OC(F)F)c(Cl)c1. The Morgan fingerprint density at radius 3 is 2.74 bits per heavy atom. The first-order valence-electron chi connectivity index (χ1n) is 7.20. The second-order valence-electron chi connectivity index (χ2n) is 5.06. The van der Waals surface area contributed by atoms with Gasteiger partial charge in [0.25, 0.3) is 0 Å². The Morgan fingerprint density at radius 2 is 2.22 bits per heavy atom. The van der Waals surface area contributed by atoms with E-state index in [0.29, 0.717) is 6.61 Å². The summed E-state index contributed by atoms with van der Waals surface area (Å²) in [5.41, 5.74) is 0. The van der Waals surface area contributed by atoms with Crippen LogP contribution in [0.3, 0.4) is 0 Å². The molecule has 0 saturated carbocycles. The predicted molar refractivity (Wildman–Crippen MR) is 81.5 cm³/mol. The van der Waals surface area contributed by atoms with Crippen LogP contribution in [0.4, 0.5) is 8.78 Å². The third-order valence-corrected chi connectivity index (χ3v) is 5.77. The van der Waals surface area contributed by atoms with Crippen molar-refractivity contribution in [3.05, 3.63) is 23.2 Å². The summed E-state index contributed by atoms with van der Waals surface area (Å²) in [4.78, 5) is -0.0658. The van der Waals surface area contributed by atoms with Crippen LogP contribution in [0.2, 0.25) is 5.02 Å². The summed E-state index contributed by atoms with van der Waals surface area (Å²) < 4.78 is 60.7. The number of likely N-dealkylation sites (N-methyl/N-ethyl adjacent to an activating group) is 1. The molecule has 1 aromatic carbocycles. The highest BCUT2D eigenvalue weighted by molar-refractivity contribution is 7.89. The van der Waals surface area contributed by atoms with Crippen molar-refractivity contribution < 1.29 is 26.7 Å². The first-order chi connectivity index (χ1) is 10.8. The molecule has 0 aromatic heterocycles. The van der Waals surface area contributed by atoms with Gasteiger partial charge in [0.2, 0.25) is 10.0 Å². The quantitative estimate of drug-likeness (QED) is 0.741. The van der Waals surface area contributed by atoms with E-state index in [1.165, 1.54) is 10.4 Å². The molecule has 0 aliphatic carbocycles. The van der Waals surface area contributed by atoms with Crippen LogP contribution in [-0.4, -0.2) is 45.1 Å². The zero-order valence-electron chi connectivity index (χ0n) is 12.5. The van der Waals surface area contributed by atoms with Crippen molar-refractivity contribution in [2.24, 2.45) is 0 Å². The lowest BCUT2D eigenvalue weighted by Crippen LogP contribution is -2.37. The van der Waals surface area contributed by atoms with Gasteiger partial charge < -0.3 is 9.47 Å². The van der Waals surface area contributed by atoms with Crippen LogP contribution in [0.25, 0.3) is 0 Å². The Labute approximate surface area is 139 Å². The van der Waals surface area contributed by atoms with Gasteiger partial charge in [-0.05, 0) is 31.0 Å². The van der Waals surface area contributed by atoms with Gasteiger partial charge in [-0.3, -0.25) is 0 Å². The van der Waals surface area contributed by atoms with Crippen molar-refractivity contribution in [3.8, 4) is 5.75 Å². The van der Waals surface area contributed by atoms with Gasteiger partial charge in [-0.2, -0.15) is 13.1 Å². The summed E-state index contributed by atoms with van der Waals surface area (Å²) in [5, 5.41) is -0.181. The molecule has 130 valence electrons. The van der Waals surface area contributed by atoms with E-state index in [1.807, 2.05) is 0 Å². The lowest BCUT2D eigenvalue weighted by atomic mass is 10.2. The molecular weight excluding hydrogens is 352 g/mol. The number of sulfonamides is 1. The molecule has 9 heteroatoms. The number of benzene rings is 1. The second kappa shape index (κ2) is 7.74. The minimum atomic E-state index is -3.78. The molecule has 5 nitrogen and oxygen atoms in total. The maximum absolute atomic E-state index is 12.7. The van der Waals surface area contributed by atoms with Crippen molar-refractivity contribution in [1.82, 2.24) is 4.31 Å². The van der Waals surface area contributed by atoms with Gasteiger partial charge in [0.15, 0.2) is 0 Å². The number of ether oxygens (including phenoxy) is 2. The molecule has 1 saturated heterocycles. The van der Waals surface area contributed by atoms with Gasteiger partial charge in [-0.25, -0.2) is 8.42 Å². The molecule has 0 unspecified atom stereocenters. The molecular formula is C14H18ClF2NO4S. The summed E-state index contributed by atoms with van der Waals surface area (Å²) in [7, 11) is -3.78. The van der Waals surface area contributed by atoms with Crippen LogP contribution < -0.4 is 4.74 Å². The van der Waals surface area contributed by atoms with Crippen molar-refractivity contribution >= 4 is 21.6 Å². The highest BCUT2D eigenvalue weighted by Gasteiger charge is 2.28. The number of alkyl halides is 2. The molecule has 2 rings (SSSR count). The van der Waals surface area contributed by atoms with Crippen molar-refractivity contribution in [2.45, 2.75) is 37.4 Å². The molecule has 1 aliphatic heterocycles. The van der Waals surface area contributed by atoms with Gasteiger partial charge in [0.1, 0.15) is 5.75 Å². The van der Waals surface area contributed by atoms with E-state index in [2.05, 4.69) is 4.74 Å². The number of hydrogen-bond donors (Lipinski definition) is 0. The molecule has 0 radical (unpaired) electrons. The average molecular weight is 370 g/mol. The molecule has 0 amide bonds. The van der Waals surface area contributed by atoms with Crippen LogP contribution in [-0.2, 0) is 14.8 Å². The third kappa shape index (κ3) is 4.53.